The van der Waals surface area contributed by atoms with Crippen molar-refractivity contribution < 1.29 is 14.6 Å². The number of aliphatic carboxylic acids is 1. The van der Waals surface area contributed by atoms with Gasteiger partial charge in [0.25, 0.3) is 0 Å². The van der Waals surface area contributed by atoms with E-state index >= 15 is 0 Å². The van der Waals surface area contributed by atoms with Gasteiger partial charge < -0.3 is 19.7 Å². The highest BCUT2D eigenvalue weighted by Gasteiger charge is 2.28. The van der Waals surface area contributed by atoms with Gasteiger partial charge in [-0.2, -0.15) is 0 Å². The van der Waals surface area contributed by atoms with Crippen molar-refractivity contribution >= 4 is 45.1 Å². The van der Waals surface area contributed by atoms with Crippen LogP contribution in [0, 0.1) is 0 Å². The quantitative estimate of drug-likeness (QED) is 0.271. The molecule has 2 N–H and O–H groups in total. The summed E-state index contributed by atoms with van der Waals surface area (Å²) in [6.07, 6.45) is 8.21. The molecular weight excluding hydrogens is 484 g/mol. The molecule has 3 heterocycles. The molecule has 2 aromatic heterocycles. The molecule has 2 aliphatic rings. The van der Waals surface area contributed by atoms with Gasteiger partial charge in [0.2, 0.25) is 0 Å². The molecule has 0 bridgehead atoms. The van der Waals surface area contributed by atoms with Crippen LogP contribution in [-0.4, -0.2) is 43.9 Å². The van der Waals surface area contributed by atoms with Crippen LogP contribution >= 0.6 is 11.8 Å². The maximum absolute atomic E-state index is 11.2. The SMILES string of the molecule is O=C(O)C[C@@H]1CSC(c2cc3cc(Oc4cccnc4)cc(N(c4ccccc4)C4CCCC4)c3[nH]2)=N1. The number of hydrogen-bond donors (Lipinski definition) is 2. The first-order valence-electron chi connectivity index (χ1n) is 12.7. The Morgan fingerprint density at radius 3 is 2.68 bits per heavy atom. The van der Waals surface area contributed by atoms with E-state index in [-0.39, 0.29) is 12.5 Å². The van der Waals surface area contributed by atoms with Crippen LogP contribution in [0.2, 0.25) is 0 Å². The number of aliphatic imine (C=N–C) groups is 1. The second-order valence-corrected chi connectivity index (χ2v) is 10.5. The number of carboxylic acids is 1. The molecule has 0 spiro atoms. The second kappa shape index (κ2) is 10.3. The molecule has 1 fully saturated rings. The lowest BCUT2D eigenvalue weighted by Gasteiger charge is -2.32. The number of para-hydroxylation sites is 1. The third-order valence-corrected chi connectivity index (χ3v) is 8.04. The molecule has 8 heteroatoms. The molecule has 2 aromatic carbocycles. The molecule has 1 aliphatic carbocycles. The maximum atomic E-state index is 11.2. The van der Waals surface area contributed by atoms with Crippen molar-refractivity contribution in [2.75, 3.05) is 10.7 Å². The molecule has 0 unspecified atom stereocenters. The smallest absolute Gasteiger partial charge is 0.305 e. The zero-order valence-corrected chi connectivity index (χ0v) is 21.2. The van der Waals surface area contributed by atoms with Crippen LogP contribution in [0.3, 0.4) is 0 Å². The normalized spacial score (nSPS) is 17.7. The molecule has 0 saturated heterocycles. The van der Waals surface area contributed by atoms with E-state index < -0.39 is 5.97 Å². The first-order valence-corrected chi connectivity index (χ1v) is 13.6. The number of carbonyl (C=O) groups is 1. The summed E-state index contributed by atoms with van der Waals surface area (Å²) in [7, 11) is 0. The van der Waals surface area contributed by atoms with E-state index in [0.29, 0.717) is 17.5 Å². The number of carboxylic acid groups (broad SMARTS) is 1. The molecule has 1 aliphatic heterocycles. The van der Waals surface area contributed by atoms with Gasteiger partial charge in [0.05, 0.1) is 35.6 Å². The zero-order chi connectivity index (χ0) is 25.2. The third-order valence-electron chi connectivity index (χ3n) is 6.89. The fraction of sp³-hybridized carbons (Fsp3) is 0.276. The van der Waals surface area contributed by atoms with Crippen molar-refractivity contribution in [2.45, 2.75) is 44.2 Å². The van der Waals surface area contributed by atoms with Crippen LogP contribution in [0.15, 0.2) is 78.0 Å². The number of benzene rings is 2. The molecule has 1 atom stereocenters. The van der Waals surface area contributed by atoms with Crippen molar-refractivity contribution in [1.82, 2.24) is 9.97 Å². The highest BCUT2D eigenvalue weighted by molar-refractivity contribution is 8.14. The number of aromatic amines is 1. The summed E-state index contributed by atoms with van der Waals surface area (Å²) in [4.78, 5) is 26.2. The van der Waals surface area contributed by atoms with Crippen molar-refractivity contribution in [3.8, 4) is 11.5 Å². The molecule has 0 radical (unpaired) electrons. The van der Waals surface area contributed by atoms with Crippen LogP contribution in [0.5, 0.6) is 11.5 Å². The number of hydrogen-bond acceptors (Lipinski definition) is 6. The van der Waals surface area contributed by atoms with Crippen LogP contribution in [-0.2, 0) is 4.79 Å². The Bertz CT molecular complexity index is 1430. The number of thioether (sulfide) groups is 1. The minimum absolute atomic E-state index is 0.0501. The number of H-pyrrole nitrogens is 1. The van der Waals surface area contributed by atoms with Crippen molar-refractivity contribution in [2.24, 2.45) is 4.99 Å². The minimum Gasteiger partial charge on any atom is -0.481 e. The number of nitrogens with zero attached hydrogens (tertiary/aromatic N) is 3. The highest BCUT2D eigenvalue weighted by Crippen LogP contribution is 2.42. The standard InChI is InChI=1S/C29H28N4O3S/c34-27(35)15-20-18-37-29(31-20)25-14-19-13-24(36-23-11-6-12-30-17-23)16-26(28(19)32-25)33(22-9-4-5-10-22)21-7-2-1-3-8-21/h1-3,6-8,11-14,16-17,20,22,32H,4-5,9-10,15,18H2,(H,34,35)/t20-/m1/s1. The van der Waals surface area contributed by atoms with Crippen LogP contribution in [0.25, 0.3) is 10.9 Å². The molecule has 188 valence electrons. The number of pyridine rings is 1. The summed E-state index contributed by atoms with van der Waals surface area (Å²) in [5, 5.41) is 11.1. The fourth-order valence-electron chi connectivity index (χ4n) is 5.27. The Labute approximate surface area is 219 Å². The molecule has 4 aromatic rings. The first-order chi connectivity index (χ1) is 18.1. The van der Waals surface area contributed by atoms with E-state index in [2.05, 4.69) is 51.3 Å². The van der Waals surface area contributed by atoms with Gasteiger partial charge in [-0.15, -0.1) is 11.8 Å². The molecule has 1 saturated carbocycles. The predicted octanol–water partition coefficient (Wildman–Crippen LogP) is 6.77. The third kappa shape index (κ3) is 5.06. The van der Waals surface area contributed by atoms with E-state index in [9.17, 15) is 9.90 Å². The average Bonchev–Trinajstić information content (AvgIpc) is 3.66. The van der Waals surface area contributed by atoms with Crippen LogP contribution < -0.4 is 9.64 Å². The Kier molecular flexibility index (Phi) is 6.57. The van der Waals surface area contributed by atoms with Crippen molar-refractivity contribution in [1.29, 1.82) is 0 Å². The van der Waals surface area contributed by atoms with Gasteiger partial charge in [0.1, 0.15) is 16.5 Å². The second-order valence-electron chi connectivity index (χ2n) is 9.52. The first kappa shape index (κ1) is 23.6. The van der Waals surface area contributed by atoms with E-state index in [1.54, 1.807) is 24.2 Å². The van der Waals surface area contributed by atoms with E-state index in [4.69, 9.17) is 9.73 Å². The largest absolute Gasteiger partial charge is 0.481 e. The number of rotatable bonds is 8. The number of anilines is 2. The van der Waals surface area contributed by atoms with Gasteiger partial charge in [-0.1, -0.05) is 31.0 Å². The Morgan fingerprint density at radius 2 is 1.92 bits per heavy atom. The minimum atomic E-state index is -0.818. The van der Waals surface area contributed by atoms with Gasteiger partial charge in [-0.25, -0.2) is 0 Å². The summed E-state index contributed by atoms with van der Waals surface area (Å²) in [5.74, 6) is 1.28. The van der Waals surface area contributed by atoms with Gasteiger partial charge in [-0.3, -0.25) is 14.8 Å². The Morgan fingerprint density at radius 1 is 1.08 bits per heavy atom. The molecule has 0 amide bonds. The number of nitrogens with one attached hydrogen (secondary N) is 1. The van der Waals surface area contributed by atoms with E-state index in [1.165, 1.54) is 12.8 Å². The average molecular weight is 513 g/mol. The Balaban J connectivity index is 1.47. The van der Waals surface area contributed by atoms with E-state index in [1.807, 2.05) is 24.3 Å². The number of aromatic nitrogens is 2. The molecule has 7 nitrogen and oxygen atoms in total. The molecule has 37 heavy (non-hydrogen) atoms. The fourth-order valence-corrected chi connectivity index (χ4v) is 6.30. The highest BCUT2D eigenvalue weighted by atomic mass is 32.2. The molecular formula is C29H28N4O3S. The van der Waals surface area contributed by atoms with E-state index in [0.717, 1.165) is 51.6 Å². The number of ether oxygens (including phenoxy) is 1. The van der Waals surface area contributed by atoms with Crippen LogP contribution in [0.1, 0.15) is 37.8 Å². The van der Waals surface area contributed by atoms with Crippen molar-refractivity contribution in [3.63, 3.8) is 0 Å². The predicted molar refractivity (Wildman–Crippen MR) is 148 cm³/mol. The van der Waals surface area contributed by atoms with Gasteiger partial charge in [-0.05, 0) is 49.2 Å². The monoisotopic (exact) mass is 512 g/mol. The van der Waals surface area contributed by atoms with Gasteiger partial charge in [0.15, 0.2) is 0 Å². The summed E-state index contributed by atoms with van der Waals surface area (Å²) in [6, 6.07) is 20.7. The van der Waals surface area contributed by atoms with Crippen molar-refractivity contribution in [3.05, 3.63) is 78.8 Å². The molecule has 6 rings (SSSR count). The topological polar surface area (TPSA) is 90.8 Å². The lowest BCUT2D eigenvalue weighted by atomic mass is 10.1. The lowest BCUT2D eigenvalue weighted by Crippen LogP contribution is -2.28. The summed E-state index contributed by atoms with van der Waals surface area (Å²) < 4.78 is 6.27. The summed E-state index contributed by atoms with van der Waals surface area (Å²) in [5.41, 5.74) is 4.15. The van der Waals surface area contributed by atoms with Gasteiger partial charge >= 0.3 is 5.97 Å². The van der Waals surface area contributed by atoms with Gasteiger partial charge in [0, 0.05) is 35.1 Å². The Hall–Kier alpha value is -3.78. The maximum Gasteiger partial charge on any atom is 0.305 e. The summed E-state index contributed by atoms with van der Waals surface area (Å²) >= 11 is 1.61. The zero-order valence-electron chi connectivity index (χ0n) is 20.3. The van der Waals surface area contributed by atoms with Crippen LogP contribution in [0.4, 0.5) is 11.4 Å². The number of fused-ring (bicyclic) bond motifs is 1. The summed E-state index contributed by atoms with van der Waals surface area (Å²) in [6.45, 7) is 0. The lowest BCUT2D eigenvalue weighted by molar-refractivity contribution is -0.137.